The van der Waals surface area contributed by atoms with Crippen LogP contribution < -0.4 is 10.2 Å². The molecule has 96 valence electrons. The fourth-order valence-electron chi connectivity index (χ4n) is 1.11. The van der Waals surface area contributed by atoms with Gasteiger partial charge in [-0.05, 0) is 39.7 Å². The van der Waals surface area contributed by atoms with E-state index in [0.29, 0.717) is 10.2 Å². The van der Waals surface area contributed by atoms with Crippen molar-refractivity contribution in [3.8, 4) is 17.9 Å². The first-order chi connectivity index (χ1) is 9.17. The number of ether oxygens (including phenoxy) is 1. The van der Waals surface area contributed by atoms with Crippen molar-refractivity contribution in [1.29, 1.82) is 10.5 Å². The summed E-state index contributed by atoms with van der Waals surface area (Å²) >= 11 is 3.30. The van der Waals surface area contributed by atoms with Gasteiger partial charge in [-0.2, -0.15) is 15.6 Å². The molecule has 19 heavy (non-hydrogen) atoms. The van der Waals surface area contributed by atoms with Crippen LogP contribution in [0.1, 0.15) is 12.0 Å². The molecule has 1 aromatic rings. The zero-order valence-electron chi connectivity index (χ0n) is 9.76. The van der Waals surface area contributed by atoms with Gasteiger partial charge >= 0.3 is 0 Å². The van der Waals surface area contributed by atoms with Crippen LogP contribution in [0.5, 0.6) is 5.75 Å². The van der Waals surface area contributed by atoms with Crippen molar-refractivity contribution in [3.63, 3.8) is 0 Å². The van der Waals surface area contributed by atoms with Crippen LogP contribution in [0.4, 0.5) is 0 Å². The first-order valence-electron chi connectivity index (χ1n) is 5.15. The number of rotatable bonds is 5. The highest BCUT2D eigenvalue weighted by molar-refractivity contribution is 9.10. The molecule has 6 nitrogen and oxygen atoms in total. The lowest BCUT2D eigenvalue weighted by molar-refractivity contribution is -0.120. The first-order valence-corrected chi connectivity index (χ1v) is 5.95. The summed E-state index contributed by atoms with van der Waals surface area (Å²) in [4.78, 5) is 11.0. The van der Waals surface area contributed by atoms with E-state index in [1.807, 2.05) is 6.07 Å². The molecule has 0 heterocycles. The van der Waals surface area contributed by atoms with Crippen molar-refractivity contribution in [1.82, 2.24) is 5.43 Å². The van der Waals surface area contributed by atoms with E-state index in [9.17, 15) is 4.79 Å². The molecule has 0 spiro atoms. The summed E-state index contributed by atoms with van der Waals surface area (Å²) in [6, 6.07) is 8.72. The van der Waals surface area contributed by atoms with E-state index in [1.165, 1.54) is 6.21 Å². The van der Waals surface area contributed by atoms with Gasteiger partial charge in [0.05, 0.1) is 16.8 Å². The summed E-state index contributed by atoms with van der Waals surface area (Å²) in [7, 11) is 0. The molecule has 1 amide bonds. The fourth-order valence-corrected chi connectivity index (χ4v) is 1.63. The summed E-state index contributed by atoms with van der Waals surface area (Å²) in [5, 5.41) is 20.4. The third kappa shape index (κ3) is 5.19. The van der Waals surface area contributed by atoms with Gasteiger partial charge in [-0.3, -0.25) is 4.79 Å². The first kappa shape index (κ1) is 14.7. The van der Waals surface area contributed by atoms with Crippen molar-refractivity contribution in [2.45, 2.75) is 6.42 Å². The van der Waals surface area contributed by atoms with Gasteiger partial charge in [-0.15, -0.1) is 0 Å². The largest absolute Gasteiger partial charge is 0.478 e. The number of benzene rings is 1. The summed E-state index contributed by atoms with van der Waals surface area (Å²) in [6.45, 7) is -0.0315. The van der Waals surface area contributed by atoms with Crippen LogP contribution in [-0.4, -0.2) is 18.7 Å². The number of hydrazone groups is 1. The molecule has 7 heteroatoms. The molecule has 0 aliphatic heterocycles. The van der Waals surface area contributed by atoms with E-state index in [-0.39, 0.29) is 13.0 Å². The minimum atomic E-state index is -0.466. The lowest BCUT2D eigenvalue weighted by Crippen LogP contribution is -2.16. The highest BCUT2D eigenvalue weighted by atomic mass is 79.9. The van der Waals surface area contributed by atoms with Gasteiger partial charge in [-0.1, -0.05) is 0 Å². The van der Waals surface area contributed by atoms with E-state index in [4.69, 9.17) is 15.3 Å². The SMILES string of the molecule is N#CCOc1ccc(/C=N/NC(=O)CC#N)cc1Br. The van der Waals surface area contributed by atoms with E-state index in [0.717, 1.165) is 5.56 Å². The normalized spacial score (nSPS) is 9.63. The molecular formula is C12H9BrN4O2. The topological polar surface area (TPSA) is 98.3 Å². The van der Waals surface area contributed by atoms with Crippen LogP contribution in [0.15, 0.2) is 27.8 Å². The van der Waals surface area contributed by atoms with E-state index in [2.05, 4.69) is 26.5 Å². The maximum Gasteiger partial charge on any atom is 0.254 e. The smallest absolute Gasteiger partial charge is 0.254 e. The monoisotopic (exact) mass is 320 g/mol. The van der Waals surface area contributed by atoms with Crippen LogP contribution in [0, 0.1) is 22.7 Å². The predicted molar refractivity (Wildman–Crippen MR) is 71.2 cm³/mol. The zero-order valence-corrected chi connectivity index (χ0v) is 11.3. The Morgan fingerprint density at radius 1 is 1.47 bits per heavy atom. The summed E-state index contributed by atoms with van der Waals surface area (Å²) in [5.41, 5.74) is 2.95. The minimum absolute atomic E-state index is 0.0315. The predicted octanol–water partition coefficient (Wildman–Crippen LogP) is 1.72. The second-order valence-corrected chi connectivity index (χ2v) is 4.12. The van der Waals surface area contributed by atoms with Gasteiger partial charge in [0, 0.05) is 0 Å². The number of amides is 1. The van der Waals surface area contributed by atoms with Crippen molar-refractivity contribution in [2.24, 2.45) is 5.10 Å². The number of carbonyl (C=O) groups is 1. The van der Waals surface area contributed by atoms with Gasteiger partial charge in [-0.25, -0.2) is 5.43 Å². The van der Waals surface area contributed by atoms with E-state index < -0.39 is 5.91 Å². The van der Waals surface area contributed by atoms with Gasteiger partial charge in [0.1, 0.15) is 18.2 Å². The average molecular weight is 321 g/mol. The Labute approximate surface area is 118 Å². The van der Waals surface area contributed by atoms with Crippen molar-refractivity contribution in [2.75, 3.05) is 6.61 Å². The number of nitrogens with one attached hydrogen (secondary N) is 1. The molecule has 0 saturated heterocycles. The highest BCUT2D eigenvalue weighted by Gasteiger charge is 2.01. The fraction of sp³-hybridized carbons (Fsp3) is 0.167. The number of nitrogens with zero attached hydrogens (tertiary/aromatic N) is 3. The maximum atomic E-state index is 11.0. The number of halogens is 1. The molecule has 0 atom stereocenters. The van der Waals surface area contributed by atoms with Crippen LogP contribution in [0.3, 0.4) is 0 Å². The van der Waals surface area contributed by atoms with Crippen molar-refractivity contribution < 1.29 is 9.53 Å². The van der Waals surface area contributed by atoms with Gasteiger partial charge < -0.3 is 4.74 Å². The Morgan fingerprint density at radius 2 is 2.26 bits per heavy atom. The van der Waals surface area contributed by atoms with Gasteiger partial charge in [0.15, 0.2) is 6.61 Å². The van der Waals surface area contributed by atoms with Crippen molar-refractivity contribution >= 4 is 28.1 Å². The number of nitriles is 2. The molecule has 1 rings (SSSR count). The third-order valence-electron chi connectivity index (χ3n) is 1.89. The summed E-state index contributed by atoms with van der Waals surface area (Å²) in [5.74, 6) is 0.0824. The Hall–Kier alpha value is -2.38. The van der Waals surface area contributed by atoms with Gasteiger partial charge in [0.25, 0.3) is 5.91 Å². The standard InChI is InChI=1S/C12H9BrN4O2/c13-10-7-9(1-2-11(10)19-6-5-15)8-16-17-12(18)3-4-14/h1-2,7-8H,3,6H2,(H,17,18)/b16-8+. The van der Waals surface area contributed by atoms with E-state index >= 15 is 0 Å². The second-order valence-electron chi connectivity index (χ2n) is 3.26. The minimum Gasteiger partial charge on any atom is -0.478 e. The zero-order chi connectivity index (χ0) is 14.1. The lowest BCUT2D eigenvalue weighted by Gasteiger charge is -2.04. The average Bonchev–Trinajstić information content (AvgIpc) is 2.38. The summed E-state index contributed by atoms with van der Waals surface area (Å²) in [6.07, 6.45) is 1.20. The molecule has 0 saturated carbocycles. The second kappa shape index (κ2) is 7.85. The molecule has 1 aromatic carbocycles. The van der Waals surface area contributed by atoms with Crippen LogP contribution in [0.2, 0.25) is 0 Å². The Morgan fingerprint density at radius 3 is 2.89 bits per heavy atom. The Bertz CT molecular complexity index is 572. The molecule has 0 aliphatic carbocycles. The molecule has 0 fully saturated rings. The molecule has 0 aliphatic rings. The molecule has 0 aromatic heterocycles. The molecular weight excluding hydrogens is 312 g/mol. The van der Waals surface area contributed by atoms with E-state index in [1.54, 1.807) is 24.3 Å². The molecule has 0 bridgehead atoms. The maximum absolute atomic E-state index is 11.0. The summed E-state index contributed by atoms with van der Waals surface area (Å²) < 4.78 is 5.83. The molecule has 1 N–H and O–H groups in total. The Kier molecular flexibility index (Phi) is 6.07. The van der Waals surface area contributed by atoms with Gasteiger partial charge in [0.2, 0.25) is 0 Å². The van der Waals surface area contributed by atoms with Crippen LogP contribution in [-0.2, 0) is 4.79 Å². The third-order valence-corrected chi connectivity index (χ3v) is 2.51. The number of hydrogen-bond acceptors (Lipinski definition) is 5. The number of hydrogen-bond donors (Lipinski definition) is 1. The quantitative estimate of drug-likeness (QED) is 0.659. The lowest BCUT2D eigenvalue weighted by atomic mass is 10.2. The highest BCUT2D eigenvalue weighted by Crippen LogP contribution is 2.25. The molecule has 0 radical (unpaired) electrons. The Balaban J connectivity index is 2.64. The van der Waals surface area contributed by atoms with Crippen LogP contribution >= 0.6 is 15.9 Å². The number of carbonyl (C=O) groups excluding carboxylic acids is 1. The van der Waals surface area contributed by atoms with Crippen molar-refractivity contribution in [3.05, 3.63) is 28.2 Å². The van der Waals surface area contributed by atoms with Crippen LogP contribution in [0.25, 0.3) is 0 Å². The molecule has 0 unspecified atom stereocenters.